The van der Waals surface area contributed by atoms with Gasteiger partial charge >= 0.3 is 0 Å². The quantitative estimate of drug-likeness (QED) is 0.693. The van der Waals surface area contributed by atoms with Gasteiger partial charge in [-0.05, 0) is 12.1 Å². The molecular weight excluding hydrogens is 306 g/mol. The van der Waals surface area contributed by atoms with Crippen LogP contribution in [0.5, 0.6) is 0 Å². The maximum Gasteiger partial charge on any atom is 0.254 e. The Labute approximate surface area is 131 Å². The van der Waals surface area contributed by atoms with Crippen LogP contribution in [0.2, 0.25) is 5.15 Å². The molecule has 0 radical (unpaired) electrons. The number of hydrogen-bond donors (Lipinski definition) is 0. The van der Waals surface area contributed by atoms with Gasteiger partial charge in [-0.2, -0.15) is 0 Å². The van der Waals surface area contributed by atoms with Gasteiger partial charge in [0, 0.05) is 17.8 Å². The van der Waals surface area contributed by atoms with Crippen molar-refractivity contribution in [1.82, 2.24) is 14.9 Å². The second kappa shape index (κ2) is 5.79. The lowest BCUT2D eigenvalue weighted by molar-refractivity contribution is 0.0785. The molecule has 0 fully saturated rings. The molecule has 0 unspecified atom stereocenters. The Kier molecular flexibility index (Phi) is 3.86. The first-order valence-corrected chi connectivity index (χ1v) is 7.65. The van der Waals surface area contributed by atoms with Gasteiger partial charge in [0.2, 0.25) is 0 Å². The van der Waals surface area contributed by atoms with Gasteiger partial charge in [0.1, 0.15) is 5.15 Å². The average Bonchev–Trinajstić information content (AvgIpc) is 2.98. The number of para-hydroxylation sites is 1. The zero-order valence-electron chi connectivity index (χ0n) is 11.3. The van der Waals surface area contributed by atoms with Gasteiger partial charge < -0.3 is 4.90 Å². The summed E-state index contributed by atoms with van der Waals surface area (Å²) in [5.41, 5.74) is 3.91. The van der Waals surface area contributed by atoms with Crippen molar-refractivity contribution in [3.63, 3.8) is 0 Å². The van der Waals surface area contributed by atoms with E-state index in [-0.39, 0.29) is 5.91 Å². The molecule has 0 atom stereocenters. The number of carbonyl (C=O) groups is 1. The molecule has 0 aliphatic heterocycles. The number of amides is 1. The number of aromatic nitrogens is 2. The van der Waals surface area contributed by atoms with Crippen molar-refractivity contribution >= 4 is 39.7 Å². The van der Waals surface area contributed by atoms with E-state index in [2.05, 4.69) is 9.97 Å². The topological polar surface area (TPSA) is 46.1 Å². The van der Waals surface area contributed by atoms with Crippen molar-refractivity contribution in [2.24, 2.45) is 0 Å². The summed E-state index contributed by atoms with van der Waals surface area (Å²) < 4.78 is 0. The van der Waals surface area contributed by atoms with Crippen LogP contribution in [-0.4, -0.2) is 27.8 Å². The van der Waals surface area contributed by atoms with E-state index in [0.29, 0.717) is 17.3 Å². The Hall–Kier alpha value is -1.98. The first kappa shape index (κ1) is 14.0. The fourth-order valence-electron chi connectivity index (χ4n) is 2.16. The largest absolute Gasteiger partial charge is 0.336 e. The van der Waals surface area contributed by atoms with Crippen LogP contribution >= 0.6 is 22.9 Å². The molecule has 2 heterocycles. The van der Waals surface area contributed by atoms with E-state index in [1.807, 2.05) is 29.6 Å². The molecule has 106 valence electrons. The van der Waals surface area contributed by atoms with Crippen LogP contribution in [0, 0.1) is 0 Å². The maximum atomic E-state index is 12.7. The minimum absolute atomic E-state index is 0.0940. The lowest BCUT2D eigenvalue weighted by Gasteiger charge is -2.17. The predicted molar refractivity (Wildman–Crippen MR) is 84.7 cm³/mol. The molecule has 0 spiro atoms. The van der Waals surface area contributed by atoms with Crippen LogP contribution in [0.3, 0.4) is 0 Å². The van der Waals surface area contributed by atoms with Crippen molar-refractivity contribution < 1.29 is 4.79 Å². The Balaban J connectivity index is 1.97. The molecule has 0 saturated carbocycles. The smallest absolute Gasteiger partial charge is 0.254 e. The first-order chi connectivity index (χ1) is 10.1. The van der Waals surface area contributed by atoms with Crippen LogP contribution in [0.25, 0.3) is 10.9 Å². The monoisotopic (exact) mass is 317 g/mol. The number of fused-ring (bicyclic) bond motifs is 1. The highest BCUT2D eigenvalue weighted by Gasteiger charge is 2.17. The summed E-state index contributed by atoms with van der Waals surface area (Å²) in [5, 5.41) is 3.05. The molecule has 4 nitrogen and oxygen atoms in total. The van der Waals surface area contributed by atoms with Crippen molar-refractivity contribution in [3.8, 4) is 0 Å². The second-order valence-electron chi connectivity index (χ2n) is 4.65. The molecule has 0 aliphatic carbocycles. The van der Waals surface area contributed by atoms with Crippen molar-refractivity contribution in [2.45, 2.75) is 6.54 Å². The number of benzene rings is 1. The van der Waals surface area contributed by atoms with Gasteiger partial charge in [-0.25, -0.2) is 9.97 Å². The zero-order valence-corrected chi connectivity index (χ0v) is 12.9. The summed E-state index contributed by atoms with van der Waals surface area (Å²) >= 11 is 7.54. The van der Waals surface area contributed by atoms with E-state index in [1.54, 1.807) is 23.5 Å². The number of thiazole rings is 1. The van der Waals surface area contributed by atoms with E-state index >= 15 is 0 Å². The van der Waals surface area contributed by atoms with Gasteiger partial charge in [-0.15, -0.1) is 11.3 Å². The molecule has 0 aliphatic rings. The van der Waals surface area contributed by atoms with Crippen LogP contribution < -0.4 is 0 Å². The van der Waals surface area contributed by atoms with E-state index in [0.717, 1.165) is 16.6 Å². The van der Waals surface area contributed by atoms with Gasteiger partial charge in [0.25, 0.3) is 5.91 Å². The van der Waals surface area contributed by atoms with Crippen LogP contribution in [0.1, 0.15) is 16.1 Å². The normalized spacial score (nSPS) is 10.8. The predicted octanol–water partition coefficient (Wildman–Crippen LogP) is 3.62. The molecule has 1 aromatic carbocycles. The van der Waals surface area contributed by atoms with E-state index in [4.69, 9.17) is 11.6 Å². The highest BCUT2D eigenvalue weighted by Crippen LogP contribution is 2.22. The molecule has 3 rings (SSSR count). The lowest BCUT2D eigenvalue weighted by atomic mass is 10.1. The molecule has 0 N–H and O–H groups in total. The van der Waals surface area contributed by atoms with E-state index in [9.17, 15) is 4.79 Å². The summed E-state index contributed by atoms with van der Waals surface area (Å²) in [5.74, 6) is -0.0940. The molecule has 21 heavy (non-hydrogen) atoms. The van der Waals surface area contributed by atoms with Crippen molar-refractivity contribution in [3.05, 3.63) is 57.6 Å². The standard InChI is InChI=1S/C15H12ClN3OS/c1-19(7-10-8-21-9-17-10)15(20)12-6-14(16)18-13-5-3-2-4-11(12)13/h2-6,8-9H,7H2,1H3. The first-order valence-electron chi connectivity index (χ1n) is 6.33. The number of nitrogens with zero attached hydrogens (tertiary/aromatic N) is 3. The van der Waals surface area contributed by atoms with Crippen LogP contribution in [0.15, 0.2) is 41.2 Å². The van der Waals surface area contributed by atoms with Crippen LogP contribution in [0.4, 0.5) is 0 Å². The highest BCUT2D eigenvalue weighted by molar-refractivity contribution is 7.07. The second-order valence-corrected chi connectivity index (χ2v) is 5.76. The Bertz CT molecular complexity index is 789. The fraction of sp³-hybridized carbons (Fsp3) is 0.133. The number of pyridine rings is 1. The SMILES string of the molecule is CN(Cc1cscn1)C(=O)c1cc(Cl)nc2ccccc12. The minimum atomic E-state index is -0.0940. The van der Waals surface area contributed by atoms with Crippen molar-refractivity contribution in [1.29, 1.82) is 0 Å². The molecule has 2 aromatic heterocycles. The summed E-state index contributed by atoms with van der Waals surface area (Å²) in [6.07, 6.45) is 0. The molecular formula is C15H12ClN3OS. The molecule has 6 heteroatoms. The number of carbonyl (C=O) groups excluding carboxylic acids is 1. The third-order valence-electron chi connectivity index (χ3n) is 3.14. The van der Waals surface area contributed by atoms with Crippen LogP contribution in [-0.2, 0) is 6.54 Å². The Morgan fingerprint density at radius 2 is 2.19 bits per heavy atom. The molecule has 0 bridgehead atoms. The number of hydrogen-bond acceptors (Lipinski definition) is 4. The zero-order chi connectivity index (χ0) is 14.8. The number of rotatable bonds is 3. The highest BCUT2D eigenvalue weighted by atomic mass is 35.5. The van der Waals surface area contributed by atoms with Gasteiger partial charge in [-0.3, -0.25) is 4.79 Å². The van der Waals surface area contributed by atoms with Crippen molar-refractivity contribution in [2.75, 3.05) is 7.05 Å². The molecule has 3 aromatic rings. The summed E-state index contributed by atoms with van der Waals surface area (Å²) in [4.78, 5) is 22.7. The maximum absolute atomic E-state index is 12.7. The Morgan fingerprint density at radius 1 is 1.38 bits per heavy atom. The Morgan fingerprint density at radius 3 is 2.95 bits per heavy atom. The lowest BCUT2D eigenvalue weighted by Crippen LogP contribution is -2.26. The van der Waals surface area contributed by atoms with Gasteiger partial charge in [0.05, 0.1) is 28.8 Å². The molecule has 1 amide bonds. The van der Waals surface area contributed by atoms with E-state index < -0.39 is 0 Å². The third-order valence-corrected chi connectivity index (χ3v) is 3.97. The summed E-state index contributed by atoms with van der Waals surface area (Å²) in [6, 6.07) is 9.10. The fourth-order valence-corrected chi connectivity index (χ4v) is 2.91. The number of halogens is 1. The van der Waals surface area contributed by atoms with Gasteiger partial charge in [0.15, 0.2) is 0 Å². The molecule has 0 saturated heterocycles. The third kappa shape index (κ3) is 2.89. The minimum Gasteiger partial charge on any atom is -0.336 e. The van der Waals surface area contributed by atoms with Gasteiger partial charge in [-0.1, -0.05) is 29.8 Å². The summed E-state index contributed by atoms with van der Waals surface area (Å²) in [7, 11) is 1.75. The summed E-state index contributed by atoms with van der Waals surface area (Å²) in [6.45, 7) is 0.469. The average molecular weight is 318 g/mol. The van der Waals surface area contributed by atoms with E-state index in [1.165, 1.54) is 11.3 Å².